The first-order valence-corrected chi connectivity index (χ1v) is 6.33. The maximum Gasteiger partial charge on any atom is 0.273 e. The number of aromatic nitrogens is 1. The van der Waals surface area contributed by atoms with Crippen LogP contribution in [0.2, 0.25) is 0 Å². The fourth-order valence-electron chi connectivity index (χ4n) is 2.37. The van der Waals surface area contributed by atoms with Gasteiger partial charge in [0.1, 0.15) is 12.0 Å². The molecule has 0 aliphatic carbocycles. The largest absolute Gasteiger partial charge is 0.328 e. The fourth-order valence-corrected chi connectivity index (χ4v) is 2.37. The van der Waals surface area contributed by atoms with Crippen LogP contribution in [0.4, 0.5) is 0 Å². The molecule has 1 aromatic rings. The van der Waals surface area contributed by atoms with Crippen LogP contribution in [0.1, 0.15) is 62.4 Å². The number of carbonyl (C=O) groups excluding carboxylic acids is 2. The maximum absolute atomic E-state index is 12.7. The highest BCUT2D eigenvalue weighted by molar-refractivity contribution is 5.94. The van der Waals surface area contributed by atoms with Crippen molar-refractivity contribution in [1.29, 1.82) is 0 Å². The summed E-state index contributed by atoms with van der Waals surface area (Å²) in [4.78, 5) is 29.3. The highest BCUT2D eigenvalue weighted by Crippen LogP contribution is 2.26. The molecule has 0 fully saturated rings. The van der Waals surface area contributed by atoms with Crippen LogP contribution < -0.4 is 0 Å². The Morgan fingerprint density at radius 2 is 1.68 bits per heavy atom. The van der Waals surface area contributed by atoms with Gasteiger partial charge in [-0.25, -0.2) is 0 Å². The van der Waals surface area contributed by atoms with E-state index in [4.69, 9.17) is 0 Å². The Hall–Kier alpha value is -1.71. The third-order valence-electron chi connectivity index (χ3n) is 2.68. The van der Waals surface area contributed by atoms with Crippen LogP contribution in [0.5, 0.6) is 0 Å². The zero-order valence-corrected chi connectivity index (χ0v) is 12.5. The Morgan fingerprint density at radius 1 is 1.16 bits per heavy atom. The van der Waals surface area contributed by atoms with Gasteiger partial charge in [0.05, 0.1) is 0 Å². The van der Waals surface area contributed by atoms with E-state index in [1.165, 1.54) is 12.3 Å². The van der Waals surface area contributed by atoms with E-state index in [0.29, 0.717) is 11.3 Å². The third-order valence-corrected chi connectivity index (χ3v) is 2.68. The van der Waals surface area contributed by atoms with Gasteiger partial charge in [0.25, 0.3) is 5.91 Å². The molecule has 4 nitrogen and oxygen atoms in total. The lowest BCUT2D eigenvalue weighted by Crippen LogP contribution is -2.55. The molecule has 0 aromatic carbocycles. The van der Waals surface area contributed by atoms with Crippen molar-refractivity contribution in [3.63, 3.8) is 0 Å². The Labute approximate surface area is 114 Å². The van der Waals surface area contributed by atoms with E-state index in [1.54, 1.807) is 11.0 Å². The Bertz CT molecular complexity index is 468. The molecule has 0 N–H and O–H groups in total. The maximum atomic E-state index is 12.7. The smallest absolute Gasteiger partial charge is 0.273 e. The lowest BCUT2D eigenvalue weighted by Gasteiger charge is -2.45. The SMILES string of the molecule is CC(C)(C)N(C(=O)c1cc(C=O)ccn1)C(C)(C)C. The average molecular weight is 262 g/mol. The molecule has 1 rings (SSSR count). The molecule has 1 heterocycles. The van der Waals surface area contributed by atoms with Crippen LogP contribution in [-0.2, 0) is 0 Å². The van der Waals surface area contributed by atoms with Crippen molar-refractivity contribution >= 4 is 12.2 Å². The first-order chi connectivity index (χ1) is 8.57. The van der Waals surface area contributed by atoms with Gasteiger partial charge in [-0.15, -0.1) is 0 Å². The Balaban J connectivity index is 3.24. The van der Waals surface area contributed by atoms with Gasteiger partial charge < -0.3 is 4.90 Å². The van der Waals surface area contributed by atoms with E-state index in [2.05, 4.69) is 4.98 Å². The summed E-state index contributed by atoms with van der Waals surface area (Å²) >= 11 is 0. The molecule has 0 aliphatic heterocycles. The van der Waals surface area contributed by atoms with Crippen LogP contribution in [0.15, 0.2) is 18.3 Å². The summed E-state index contributed by atoms with van der Waals surface area (Å²) in [5, 5.41) is 0. The average Bonchev–Trinajstić information content (AvgIpc) is 2.25. The fraction of sp³-hybridized carbons (Fsp3) is 0.533. The van der Waals surface area contributed by atoms with Gasteiger partial charge in [-0.2, -0.15) is 0 Å². The molecule has 1 amide bonds. The van der Waals surface area contributed by atoms with Crippen LogP contribution in [0.3, 0.4) is 0 Å². The van der Waals surface area contributed by atoms with Crippen LogP contribution in [0, 0.1) is 0 Å². The van der Waals surface area contributed by atoms with Crippen molar-refractivity contribution in [2.24, 2.45) is 0 Å². The van der Waals surface area contributed by atoms with Crippen molar-refractivity contribution in [2.75, 3.05) is 0 Å². The molecule has 0 saturated carbocycles. The minimum absolute atomic E-state index is 0.163. The van der Waals surface area contributed by atoms with E-state index < -0.39 is 0 Å². The summed E-state index contributed by atoms with van der Waals surface area (Å²) in [6.07, 6.45) is 2.21. The topological polar surface area (TPSA) is 50.3 Å². The zero-order chi connectivity index (χ0) is 14.8. The third kappa shape index (κ3) is 3.63. The molecule has 0 unspecified atom stereocenters. The van der Waals surface area contributed by atoms with Gasteiger partial charge in [0, 0.05) is 22.8 Å². The minimum Gasteiger partial charge on any atom is -0.328 e. The molecule has 0 atom stereocenters. The van der Waals surface area contributed by atoms with E-state index in [0.717, 1.165) is 6.29 Å². The Morgan fingerprint density at radius 3 is 2.11 bits per heavy atom. The van der Waals surface area contributed by atoms with Gasteiger partial charge in [-0.1, -0.05) is 0 Å². The van der Waals surface area contributed by atoms with E-state index in [-0.39, 0.29) is 17.0 Å². The quantitative estimate of drug-likeness (QED) is 0.770. The molecular weight excluding hydrogens is 240 g/mol. The molecule has 4 heteroatoms. The predicted molar refractivity (Wildman–Crippen MR) is 75.3 cm³/mol. The molecule has 0 spiro atoms. The summed E-state index contributed by atoms with van der Waals surface area (Å²) < 4.78 is 0. The normalized spacial score (nSPS) is 12.1. The molecule has 0 aliphatic rings. The summed E-state index contributed by atoms with van der Waals surface area (Å²) in [5.74, 6) is -0.163. The van der Waals surface area contributed by atoms with Gasteiger partial charge >= 0.3 is 0 Å². The van der Waals surface area contributed by atoms with Crippen LogP contribution in [0.25, 0.3) is 0 Å². The Kier molecular flexibility index (Phi) is 4.13. The van der Waals surface area contributed by atoms with Crippen molar-refractivity contribution in [2.45, 2.75) is 52.6 Å². The molecule has 0 radical (unpaired) electrons. The molecule has 0 saturated heterocycles. The second-order valence-corrected chi connectivity index (χ2v) is 6.57. The van der Waals surface area contributed by atoms with E-state index in [9.17, 15) is 9.59 Å². The summed E-state index contributed by atoms with van der Waals surface area (Å²) in [6, 6.07) is 3.11. The zero-order valence-electron chi connectivity index (χ0n) is 12.5. The standard InChI is InChI=1S/C15H22N2O2/c1-14(2,3)17(15(4,5)6)13(19)12-9-11(10-18)7-8-16-12/h7-10H,1-6H3. The molecular formula is C15H22N2O2. The number of pyridine rings is 1. The number of rotatable bonds is 2. The van der Waals surface area contributed by atoms with Gasteiger partial charge in [0.15, 0.2) is 0 Å². The van der Waals surface area contributed by atoms with E-state index in [1.807, 2.05) is 41.5 Å². The lowest BCUT2D eigenvalue weighted by molar-refractivity contribution is 0.0265. The minimum atomic E-state index is -0.325. The van der Waals surface area contributed by atoms with Crippen molar-refractivity contribution < 1.29 is 9.59 Å². The van der Waals surface area contributed by atoms with Crippen LogP contribution >= 0.6 is 0 Å². The highest BCUT2D eigenvalue weighted by Gasteiger charge is 2.36. The molecule has 104 valence electrons. The second kappa shape index (κ2) is 5.11. The van der Waals surface area contributed by atoms with Gasteiger partial charge in [0.2, 0.25) is 0 Å². The number of amides is 1. The van der Waals surface area contributed by atoms with Crippen LogP contribution in [-0.4, -0.2) is 33.2 Å². The number of hydrogen-bond donors (Lipinski definition) is 0. The predicted octanol–water partition coefficient (Wildman–Crippen LogP) is 2.93. The van der Waals surface area contributed by atoms with Crippen molar-refractivity contribution in [3.05, 3.63) is 29.6 Å². The number of nitrogens with zero attached hydrogens (tertiary/aromatic N) is 2. The summed E-state index contributed by atoms with van der Waals surface area (Å²) in [7, 11) is 0. The van der Waals surface area contributed by atoms with Crippen molar-refractivity contribution in [1.82, 2.24) is 9.88 Å². The lowest BCUT2D eigenvalue weighted by atomic mass is 9.95. The van der Waals surface area contributed by atoms with Gasteiger partial charge in [-0.3, -0.25) is 14.6 Å². The molecule has 1 aromatic heterocycles. The molecule has 0 bridgehead atoms. The molecule has 19 heavy (non-hydrogen) atoms. The number of aldehydes is 1. The highest BCUT2D eigenvalue weighted by atomic mass is 16.2. The monoisotopic (exact) mass is 262 g/mol. The first-order valence-electron chi connectivity index (χ1n) is 6.33. The van der Waals surface area contributed by atoms with Crippen molar-refractivity contribution in [3.8, 4) is 0 Å². The number of carbonyl (C=O) groups is 2. The summed E-state index contributed by atoms with van der Waals surface area (Å²) in [6.45, 7) is 11.9. The second-order valence-electron chi connectivity index (χ2n) is 6.57. The van der Waals surface area contributed by atoms with Gasteiger partial charge in [-0.05, 0) is 53.7 Å². The summed E-state index contributed by atoms with van der Waals surface area (Å²) in [5.41, 5.74) is 0.109. The first kappa shape index (κ1) is 15.3. The number of hydrogen-bond acceptors (Lipinski definition) is 3. The van der Waals surface area contributed by atoms with E-state index >= 15 is 0 Å².